The van der Waals surface area contributed by atoms with Crippen molar-refractivity contribution in [3.05, 3.63) is 48.2 Å². The predicted molar refractivity (Wildman–Crippen MR) is 157 cm³/mol. The average Bonchev–Trinajstić information content (AvgIpc) is 3.58. The summed E-state index contributed by atoms with van der Waals surface area (Å²) in [6.07, 6.45) is 9.69. The van der Waals surface area contributed by atoms with Gasteiger partial charge in [-0.05, 0) is 79.7 Å². The number of nitrogen functional groups attached to an aromatic ring is 1. The van der Waals surface area contributed by atoms with Crippen molar-refractivity contribution < 1.29 is 5.11 Å². The van der Waals surface area contributed by atoms with Crippen molar-refractivity contribution in [1.29, 1.82) is 0 Å². The van der Waals surface area contributed by atoms with Gasteiger partial charge in [0.1, 0.15) is 23.6 Å². The van der Waals surface area contributed by atoms with Crippen LogP contribution in [0.3, 0.4) is 0 Å². The molecule has 8 nitrogen and oxygen atoms in total. The molecule has 4 aromatic rings. The van der Waals surface area contributed by atoms with E-state index < -0.39 is 0 Å². The molecule has 2 fully saturated rings. The number of imidazole rings is 1. The zero-order valence-electron chi connectivity index (χ0n) is 23.8. The van der Waals surface area contributed by atoms with Gasteiger partial charge in [0, 0.05) is 31.2 Å². The maximum Gasteiger partial charge on any atom is 0.145 e. The highest BCUT2D eigenvalue weighted by Crippen LogP contribution is 2.40. The van der Waals surface area contributed by atoms with Crippen LogP contribution in [-0.2, 0) is 11.8 Å². The summed E-state index contributed by atoms with van der Waals surface area (Å²) in [6.45, 7) is 11.0. The van der Waals surface area contributed by atoms with Gasteiger partial charge in [-0.25, -0.2) is 15.0 Å². The van der Waals surface area contributed by atoms with Crippen molar-refractivity contribution in [3.63, 3.8) is 0 Å². The van der Waals surface area contributed by atoms with E-state index in [4.69, 9.17) is 10.7 Å². The van der Waals surface area contributed by atoms with Gasteiger partial charge in [-0.15, -0.1) is 0 Å². The molecule has 4 N–H and O–H groups in total. The highest BCUT2D eigenvalue weighted by molar-refractivity contribution is 5.86. The average molecular weight is 530 g/mol. The molecule has 39 heavy (non-hydrogen) atoms. The molecule has 0 aliphatic heterocycles. The highest BCUT2D eigenvalue weighted by atomic mass is 16.3. The smallest absolute Gasteiger partial charge is 0.145 e. The second-order valence-electron chi connectivity index (χ2n) is 13.0. The summed E-state index contributed by atoms with van der Waals surface area (Å²) in [6, 6.07) is 9.47. The predicted octanol–water partition coefficient (Wildman–Crippen LogP) is 5.23. The number of hydrogen-bond acceptors (Lipinski definition) is 6. The second kappa shape index (κ2) is 10.2. The minimum absolute atomic E-state index is 0.140. The maximum atomic E-state index is 11.0. The fourth-order valence-electron chi connectivity index (χ4n) is 6.84. The monoisotopic (exact) mass is 529 g/mol. The Balaban J connectivity index is 1.01. The van der Waals surface area contributed by atoms with Crippen LogP contribution in [0.4, 0.5) is 5.82 Å². The van der Waals surface area contributed by atoms with Crippen LogP contribution in [0.5, 0.6) is 0 Å². The molecule has 8 heteroatoms. The van der Waals surface area contributed by atoms with Gasteiger partial charge >= 0.3 is 0 Å². The first-order chi connectivity index (χ1) is 18.7. The minimum atomic E-state index is -0.288. The lowest BCUT2D eigenvalue weighted by atomic mass is 9.76. The number of nitrogens with one attached hydrogen (secondary N) is 1. The van der Waals surface area contributed by atoms with Gasteiger partial charge in [-0.1, -0.05) is 33.8 Å². The van der Waals surface area contributed by atoms with Gasteiger partial charge in [-0.2, -0.15) is 0 Å². The Morgan fingerprint density at radius 1 is 1.13 bits per heavy atom. The van der Waals surface area contributed by atoms with Crippen LogP contribution >= 0.6 is 0 Å². The molecule has 208 valence electrons. The first-order valence-corrected chi connectivity index (χ1v) is 14.7. The molecule has 3 atom stereocenters. The number of aliphatic hydroxyl groups is 1. The molecule has 3 heterocycles. The third-order valence-electron chi connectivity index (χ3n) is 9.35. The van der Waals surface area contributed by atoms with Crippen LogP contribution in [0.2, 0.25) is 0 Å². The summed E-state index contributed by atoms with van der Waals surface area (Å²) in [5.74, 6) is 2.65. The van der Waals surface area contributed by atoms with E-state index >= 15 is 0 Å². The normalized spacial score (nSPS) is 25.6. The number of nitrogens with zero attached hydrogens (tertiary/aromatic N) is 5. The van der Waals surface area contributed by atoms with Gasteiger partial charge in [0.15, 0.2) is 0 Å². The summed E-state index contributed by atoms with van der Waals surface area (Å²) in [5, 5.41) is 11.9. The Hall–Kier alpha value is -2.97. The van der Waals surface area contributed by atoms with Gasteiger partial charge in [0.05, 0.1) is 22.5 Å². The Labute approximate surface area is 231 Å². The Morgan fingerprint density at radius 3 is 2.72 bits per heavy atom. The molecule has 0 radical (unpaired) electrons. The fraction of sp³-hybridized carbons (Fsp3) is 0.581. The van der Waals surface area contributed by atoms with Crippen molar-refractivity contribution in [2.45, 2.75) is 89.8 Å². The van der Waals surface area contributed by atoms with Crippen LogP contribution in [0, 0.1) is 11.8 Å². The van der Waals surface area contributed by atoms with Crippen LogP contribution in [0.1, 0.15) is 77.2 Å². The van der Waals surface area contributed by atoms with E-state index in [9.17, 15) is 5.11 Å². The number of anilines is 1. The fourth-order valence-corrected chi connectivity index (χ4v) is 6.84. The third-order valence-corrected chi connectivity index (χ3v) is 9.35. The number of H-pyrrole nitrogens is 1. The van der Waals surface area contributed by atoms with Crippen LogP contribution in [0.15, 0.2) is 36.8 Å². The lowest BCUT2D eigenvalue weighted by Gasteiger charge is -2.44. The molecule has 3 unspecified atom stereocenters. The van der Waals surface area contributed by atoms with E-state index in [-0.39, 0.29) is 23.5 Å². The third kappa shape index (κ3) is 5.16. The number of aromatic amines is 1. The molecule has 0 amide bonds. The summed E-state index contributed by atoms with van der Waals surface area (Å²) in [7, 11) is 0. The molecule has 2 aliphatic rings. The SMILES string of the molecule is CCN(CC1CC(n2ccc3c(N)ncnc32)CC1O)C1CC(CCc2nc3ccc(C(C)(C)C)cc3[nH]2)C1. The van der Waals surface area contributed by atoms with E-state index in [2.05, 4.69) is 76.5 Å². The van der Waals surface area contributed by atoms with Crippen LogP contribution < -0.4 is 5.73 Å². The lowest BCUT2D eigenvalue weighted by Crippen LogP contribution is -2.47. The maximum absolute atomic E-state index is 11.0. The number of rotatable bonds is 8. The summed E-state index contributed by atoms with van der Waals surface area (Å²) >= 11 is 0. The number of hydrogen-bond donors (Lipinski definition) is 3. The molecule has 0 bridgehead atoms. The summed E-state index contributed by atoms with van der Waals surface area (Å²) < 4.78 is 2.19. The molecule has 2 saturated carbocycles. The van der Waals surface area contributed by atoms with Crippen molar-refractivity contribution in [2.24, 2.45) is 11.8 Å². The minimum Gasteiger partial charge on any atom is -0.393 e. The van der Waals surface area contributed by atoms with Crippen LogP contribution in [-0.4, -0.2) is 59.7 Å². The number of fused-ring (bicyclic) bond motifs is 2. The van der Waals surface area contributed by atoms with Crippen molar-refractivity contribution in [2.75, 3.05) is 18.8 Å². The quantitative estimate of drug-likeness (QED) is 0.288. The highest BCUT2D eigenvalue weighted by Gasteiger charge is 2.39. The van der Waals surface area contributed by atoms with Crippen molar-refractivity contribution in [3.8, 4) is 0 Å². The Kier molecular flexibility index (Phi) is 6.88. The number of benzene rings is 1. The largest absolute Gasteiger partial charge is 0.393 e. The first-order valence-electron chi connectivity index (χ1n) is 14.7. The number of nitrogens with two attached hydrogens (primary N) is 1. The molecular weight excluding hydrogens is 486 g/mol. The van der Waals surface area contributed by atoms with Crippen LogP contribution in [0.25, 0.3) is 22.1 Å². The summed E-state index contributed by atoms with van der Waals surface area (Å²) in [5.41, 5.74) is 10.6. The van der Waals surface area contributed by atoms with Gasteiger partial charge in [0.25, 0.3) is 0 Å². The van der Waals surface area contributed by atoms with E-state index in [0.29, 0.717) is 11.9 Å². The van der Waals surface area contributed by atoms with Gasteiger partial charge < -0.3 is 25.3 Å². The second-order valence-corrected chi connectivity index (χ2v) is 13.0. The van der Waals surface area contributed by atoms with E-state index in [1.165, 1.54) is 31.2 Å². The molecule has 0 saturated heterocycles. The Bertz CT molecular complexity index is 1440. The summed E-state index contributed by atoms with van der Waals surface area (Å²) in [4.78, 5) is 19.6. The van der Waals surface area contributed by atoms with Gasteiger partial charge in [-0.3, -0.25) is 0 Å². The molecule has 1 aromatic carbocycles. The first kappa shape index (κ1) is 26.3. The molecule has 2 aliphatic carbocycles. The van der Waals surface area contributed by atoms with Crippen molar-refractivity contribution >= 4 is 27.9 Å². The standard InChI is InChI=1S/C31H43N7O/c1-5-37(17-20-14-23(16-27(20)39)38-11-10-24-29(32)33-18-34-30(24)38)22-12-19(13-22)6-9-28-35-25-8-7-21(31(2,3)4)15-26(25)36-28/h7-8,10-11,15,18-20,22-23,27,39H,5-6,9,12-14,16-17H2,1-4H3,(H,35,36)(H2,32,33,34). The Morgan fingerprint density at radius 2 is 1.95 bits per heavy atom. The number of aliphatic hydroxyl groups excluding tert-OH is 1. The zero-order valence-corrected chi connectivity index (χ0v) is 23.8. The van der Waals surface area contributed by atoms with Crippen molar-refractivity contribution in [1.82, 2.24) is 29.4 Å². The number of aryl methyl sites for hydroxylation is 1. The number of aromatic nitrogens is 5. The molecule has 0 spiro atoms. The molecular formula is C31H43N7O. The lowest BCUT2D eigenvalue weighted by molar-refractivity contribution is 0.0394. The molecule has 6 rings (SSSR count). The van der Waals surface area contributed by atoms with E-state index in [0.717, 1.165) is 66.2 Å². The van der Waals surface area contributed by atoms with E-state index in [1.807, 2.05) is 6.07 Å². The molecule has 3 aromatic heterocycles. The van der Waals surface area contributed by atoms with E-state index in [1.54, 1.807) is 0 Å². The topological polar surface area (TPSA) is 109 Å². The van der Waals surface area contributed by atoms with Gasteiger partial charge in [0.2, 0.25) is 0 Å². The zero-order chi connectivity index (χ0) is 27.3.